The number of esters is 1. The van der Waals surface area contributed by atoms with Gasteiger partial charge in [0, 0.05) is 4.87 Å². The molecule has 0 radical (unpaired) electrons. The third-order valence-electron chi connectivity index (χ3n) is 6.92. The van der Waals surface area contributed by atoms with Gasteiger partial charge in [0.05, 0.1) is 22.4 Å². The average Bonchev–Trinajstić information content (AvgIpc) is 2.67. The number of aromatic nitrogens is 2. The number of fused-ring (bicyclic) bond motifs is 1. The lowest BCUT2D eigenvalue weighted by atomic mass is 9.49. The number of hydrogen-bond acceptors (Lipinski definition) is 5. The minimum Gasteiger partial charge on any atom is -0.457 e. The average molecular weight is 412 g/mol. The molecule has 150 valence electrons. The number of carbonyl (C=O) groups excluding carboxylic acids is 1. The predicted octanol–water partition coefficient (Wildman–Crippen LogP) is 3.54. The van der Waals surface area contributed by atoms with Gasteiger partial charge in [0.15, 0.2) is 5.82 Å². The molecule has 6 rings (SSSR count). The van der Waals surface area contributed by atoms with Gasteiger partial charge in [-0.2, -0.15) is 5.26 Å². The SMILES string of the molecule is N#CCn1c(COC(=O)C23C[C@@H]4C[C@@H](CC(Cl)(C4)C2)C3)nc2ccccc2c1=O. The number of nitriles is 1. The molecule has 4 saturated carbocycles. The molecular formula is C22H22ClN3O3. The molecule has 4 atom stereocenters. The highest BCUT2D eigenvalue weighted by Gasteiger charge is 2.60. The minimum atomic E-state index is -0.511. The molecule has 2 aromatic rings. The van der Waals surface area contributed by atoms with Crippen molar-refractivity contribution in [1.82, 2.24) is 9.55 Å². The molecule has 7 heteroatoms. The Kier molecular flexibility index (Phi) is 4.22. The van der Waals surface area contributed by atoms with Crippen LogP contribution in [0.3, 0.4) is 0 Å². The van der Waals surface area contributed by atoms with E-state index in [1.165, 1.54) is 4.57 Å². The number of para-hydroxylation sites is 1. The fourth-order valence-corrected chi connectivity index (χ4v) is 6.92. The summed E-state index contributed by atoms with van der Waals surface area (Å²) < 4.78 is 7.01. The van der Waals surface area contributed by atoms with Crippen LogP contribution in [-0.4, -0.2) is 20.4 Å². The van der Waals surface area contributed by atoms with Gasteiger partial charge in [-0.3, -0.25) is 14.2 Å². The van der Waals surface area contributed by atoms with Crippen LogP contribution in [0.4, 0.5) is 0 Å². The number of halogens is 1. The molecule has 0 amide bonds. The lowest BCUT2D eigenvalue weighted by Gasteiger charge is -2.58. The zero-order valence-electron chi connectivity index (χ0n) is 16.1. The van der Waals surface area contributed by atoms with E-state index in [9.17, 15) is 9.59 Å². The van der Waals surface area contributed by atoms with E-state index < -0.39 is 5.41 Å². The normalized spacial score (nSPS) is 32.3. The maximum absolute atomic E-state index is 13.2. The van der Waals surface area contributed by atoms with Gasteiger partial charge < -0.3 is 4.74 Å². The predicted molar refractivity (Wildman–Crippen MR) is 107 cm³/mol. The highest BCUT2D eigenvalue weighted by molar-refractivity contribution is 6.24. The Bertz CT molecular complexity index is 1090. The van der Waals surface area contributed by atoms with Gasteiger partial charge in [-0.25, -0.2) is 4.98 Å². The van der Waals surface area contributed by atoms with Crippen LogP contribution in [0.15, 0.2) is 29.1 Å². The van der Waals surface area contributed by atoms with Crippen molar-refractivity contribution >= 4 is 28.5 Å². The summed E-state index contributed by atoms with van der Waals surface area (Å²) in [4.78, 5) is 30.2. The summed E-state index contributed by atoms with van der Waals surface area (Å²) in [7, 11) is 0. The van der Waals surface area contributed by atoms with E-state index in [0.29, 0.717) is 35.0 Å². The number of nitrogens with zero attached hydrogens (tertiary/aromatic N) is 3. The summed E-state index contributed by atoms with van der Waals surface area (Å²) in [6.07, 6.45) is 5.50. The zero-order valence-corrected chi connectivity index (χ0v) is 16.8. The van der Waals surface area contributed by atoms with Crippen LogP contribution in [-0.2, 0) is 22.7 Å². The molecule has 1 heterocycles. The summed E-state index contributed by atoms with van der Waals surface area (Å²) in [5, 5.41) is 9.59. The number of carbonyl (C=O) groups is 1. The van der Waals surface area contributed by atoms with E-state index in [4.69, 9.17) is 21.6 Å². The number of benzene rings is 1. The van der Waals surface area contributed by atoms with Crippen LogP contribution in [0.1, 0.15) is 44.3 Å². The molecule has 0 aliphatic heterocycles. The van der Waals surface area contributed by atoms with E-state index >= 15 is 0 Å². The lowest BCUT2D eigenvalue weighted by molar-refractivity contribution is -0.171. The van der Waals surface area contributed by atoms with Crippen LogP contribution in [0.25, 0.3) is 10.9 Å². The first kappa shape index (κ1) is 18.6. The first-order valence-electron chi connectivity index (χ1n) is 10.1. The summed E-state index contributed by atoms with van der Waals surface area (Å²) in [5.41, 5.74) is -0.270. The number of alkyl halides is 1. The number of rotatable bonds is 4. The van der Waals surface area contributed by atoms with E-state index in [0.717, 1.165) is 32.1 Å². The standard InChI is InChI=1S/C22H22ClN3O3/c23-22-10-14-7-15(11-22)9-21(8-14,13-22)20(28)29-12-18-25-17-4-2-1-3-16(17)19(27)26(18)6-5-24/h1-4,14-15H,6-13H2/t14-,15+,21?,22?. The number of ether oxygens (including phenoxy) is 1. The first-order chi connectivity index (χ1) is 13.9. The quantitative estimate of drug-likeness (QED) is 0.567. The molecule has 1 aromatic carbocycles. The van der Waals surface area contributed by atoms with Crippen LogP contribution in [0.5, 0.6) is 0 Å². The topological polar surface area (TPSA) is 85.0 Å². The van der Waals surface area contributed by atoms with Crippen molar-refractivity contribution in [2.24, 2.45) is 17.3 Å². The smallest absolute Gasteiger partial charge is 0.312 e. The Morgan fingerprint density at radius 3 is 2.69 bits per heavy atom. The molecule has 4 fully saturated rings. The van der Waals surface area contributed by atoms with E-state index in [-0.39, 0.29) is 29.6 Å². The highest BCUT2D eigenvalue weighted by Crippen LogP contribution is 2.64. The van der Waals surface area contributed by atoms with Gasteiger partial charge in [-0.05, 0) is 62.5 Å². The Hall–Kier alpha value is -2.39. The molecule has 1 aromatic heterocycles. The molecule has 2 unspecified atom stereocenters. The second kappa shape index (κ2) is 6.56. The first-order valence-corrected chi connectivity index (χ1v) is 10.5. The second-order valence-corrected chi connectivity index (χ2v) is 9.86. The van der Waals surface area contributed by atoms with Crippen LogP contribution >= 0.6 is 11.6 Å². The largest absolute Gasteiger partial charge is 0.457 e. The third kappa shape index (κ3) is 3.03. The Morgan fingerprint density at radius 2 is 2.00 bits per heavy atom. The molecule has 0 N–H and O–H groups in total. The van der Waals surface area contributed by atoms with E-state index in [2.05, 4.69) is 4.98 Å². The van der Waals surface area contributed by atoms with Crippen molar-refractivity contribution in [3.8, 4) is 6.07 Å². The maximum Gasteiger partial charge on any atom is 0.312 e. The van der Waals surface area contributed by atoms with Gasteiger partial charge in [0.25, 0.3) is 5.56 Å². The van der Waals surface area contributed by atoms with Crippen molar-refractivity contribution in [2.45, 2.75) is 56.6 Å². The van der Waals surface area contributed by atoms with Gasteiger partial charge in [-0.1, -0.05) is 12.1 Å². The van der Waals surface area contributed by atoms with Crippen molar-refractivity contribution < 1.29 is 9.53 Å². The highest BCUT2D eigenvalue weighted by atomic mass is 35.5. The Morgan fingerprint density at radius 1 is 1.28 bits per heavy atom. The van der Waals surface area contributed by atoms with Crippen molar-refractivity contribution in [3.63, 3.8) is 0 Å². The fourth-order valence-electron chi connectivity index (χ4n) is 6.23. The van der Waals surface area contributed by atoms with Crippen LogP contribution in [0, 0.1) is 28.6 Å². The van der Waals surface area contributed by atoms with Gasteiger partial charge >= 0.3 is 5.97 Å². The van der Waals surface area contributed by atoms with Crippen molar-refractivity contribution in [3.05, 3.63) is 40.4 Å². The molecule has 0 spiro atoms. The summed E-state index contributed by atoms with van der Waals surface area (Å²) >= 11 is 6.83. The minimum absolute atomic E-state index is 0.118. The van der Waals surface area contributed by atoms with E-state index in [1.807, 2.05) is 6.07 Å². The van der Waals surface area contributed by atoms with Crippen LogP contribution < -0.4 is 5.56 Å². The maximum atomic E-state index is 13.2. The van der Waals surface area contributed by atoms with E-state index in [1.54, 1.807) is 24.3 Å². The molecule has 6 nitrogen and oxygen atoms in total. The third-order valence-corrected chi connectivity index (χ3v) is 7.37. The molecule has 4 bridgehead atoms. The van der Waals surface area contributed by atoms with Crippen molar-refractivity contribution in [1.29, 1.82) is 5.26 Å². The molecule has 0 saturated heterocycles. The van der Waals surface area contributed by atoms with Crippen molar-refractivity contribution in [2.75, 3.05) is 0 Å². The molecular weight excluding hydrogens is 390 g/mol. The van der Waals surface area contributed by atoms with Crippen LogP contribution in [0.2, 0.25) is 0 Å². The summed E-state index contributed by atoms with van der Waals surface area (Å²) in [6, 6.07) is 8.99. The molecule has 4 aliphatic carbocycles. The van der Waals surface area contributed by atoms with Gasteiger partial charge in [0.2, 0.25) is 0 Å². The Balaban J connectivity index is 1.42. The van der Waals surface area contributed by atoms with Gasteiger partial charge in [0.1, 0.15) is 13.2 Å². The summed E-state index contributed by atoms with van der Waals surface area (Å²) in [6.45, 7) is -0.253. The monoisotopic (exact) mass is 411 g/mol. The molecule has 29 heavy (non-hydrogen) atoms. The van der Waals surface area contributed by atoms with Gasteiger partial charge in [-0.15, -0.1) is 11.6 Å². The summed E-state index contributed by atoms with van der Waals surface area (Å²) in [5.74, 6) is 1.06. The molecule has 4 aliphatic rings. The lowest BCUT2D eigenvalue weighted by Crippen LogP contribution is -2.56. The second-order valence-electron chi connectivity index (χ2n) is 9.06. The Labute approximate surface area is 173 Å². The zero-order chi connectivity index (χ0) is 20.2. The fraction of sp³-hybridized carbons (Fsp3) is 0.545. The number of hydrogen-bond donors (Lipinski definition) is 0.